The van der Waals surface area contributed by atoms with Crippen molar-refractivity contribution >= 4 is 28.9 Å². The summed E-state index contributed by atoms with van der Waals surface area (Å²) in [5.41, 5.74) is 3.10. The second kappa shape index (κ2) is 8.11. The molecule has 3 aromatic carbocycles. The molecule has 1 aliphatic heterocycles. The second-order valence-corrected chi connectivity index (χ2v) is 7.71. The van der Waals surface area contributed by atoms with Gasteiger partial charge in [0.25, 0.3) is 5.91 Å². The predicted octanol–water partition coefficient (Wildman–Crippen LogP) is 4.35. The fraction of sp³-hybridized carbons (Fsp3) is 0.154. The largest absolute Gasteiger partial charge is 0.297 e. The van der Waals surface area contributed by atoms with Crippen LogP contribution in [0.5, 0.6) is 0 Å². The summed E-state index contributed by atoms with van der Waals surface area (Å²) in [5.74, 6) is -3.08. The van der Waals surface area contributed by atoms with Gasteiger partial charge in [0.05, 0.1) is 6.04 Å². The Morgan fingerprint density at radius 1 is 0.774 bits per heavy atom. The molecule has 5 nitrogen and oxygen atoms in total. The highest BCUT2D eigenvalue weighted by Crippen LogP contribution is 2.41. The Kier molecular flexibility index (Phi) is 5.34. The predicted molar refractivity (Wildman–Crippen MR) is 117 cm³/mol. The molecular formula is C26H21NO4. The molecule has 0 saturated carbocycles. The zero-order valence-corrected chi connectivity index (χ0v) is 17.2. The van der Waals surface area contributed by atoms with Crippen LogP contribution in [0.3, 0.4) is 0 Å². The molecule has 2 atom stereocenters. The van der Waals surface area contributed by atoms with Gasteiger partial charge in [-0.1, -0.05) is 60.2 Å². The first-order valence-electron chi connectivity index (χ1n) is 10.0. The number of hydrogen-bond acceptors (Lipinski definition) is 4. The summed E-state index contributed by atoms with van der Waals surface area (Å²) in [7, 11) is 0. The zero-order chi connectivity index (χ0) is 22.1. The molecule has 0 aromatic heterocycles. The third-order valence-electron chi connectivity index (χ3n) is 5.62. The van der Waals surface area contributed by atoms with E-state index in [0.717, 1.165) is 5.56 Å². The average molecular weight is 411 g/mol. The van der Waals surface area contributed by atoms with Crippen LogP contribution in [0.25, 0.3) is 0 Å². The van der Waals surface area contributed by atoms with Crippen molar-refractivity contribution in [1.29, 1.82) is 0 Å². The topological polar surface area (TPSA) is 71.5 Å². The van der Waals surface area contributed by atoms with Gasteiger partial charge in [-0.05, 0) is 43.7 Å². The SMILES string of the molecule is CC(=O)c1ccc(N2C(=O)C(=O)C(C(=O)c3ccccc3)C2c2ccc(C)cc2)cc1. The number of rotatable bonds is 5. The van der Waals surface area contributed by atoms with Gasteiger partial charge in [0.1, 0.15) is 5.92 Å². The summed E-state index contributed by atoms with van der Waals surface area (Å²) in [6.07, 6.45) is 0. The Hall–Kier alpha value is -3.86. The Bertz CT molecular complexity index is 1160. The molecule has 0 N–H and O–H groups in total. The Labute approximate surface area is 180 Å². The van der Waals surface area contributed by atoms with Crippen LogP contribution in [0.15, 0.2) is 78.9 Å². The van der Waals surface area contributed by atoms with Crippen LogP contribution < -0.4 is 4.90 Å². The van der Waals surface area contributed by atoms with E-state index in [9.17, 15) is 19.2 Å². The highest BCUT2D eigenvalue weighted by molar-refractivity contribution is 6.49. The van der Waals surface area contributed by atoms with Crippen molar-refractivity contribution in [2.45, 2.75) is 19.9 Å². The molecule has 1 aliphatic rings. The molecule has 3 aromatic rings. The van der Waals surface area contributed by atoms with Gasteiger partial charge in [-0.15, -0.1) is 0 Å². The monoisotopic (exact) mass is 411 g/mol. The summed E-state index contributed by atoms with van der Waals surface area (Å²) in [6.45, 7) is 3.41. The van der Waals surface area contributed by atoms with E-state index in [-0.39, 0.29) is 11.6 Å². The maximum atomic E-state index is 13.3. The summed E-state index contributed by atoms with van der Waals surface area (Å²) in [6, 6.07) is 21.8. The lowest BCUT2D eigenvalue weighted by molar-refractivity contribution is -0.135. The highest BCUT2D eigenvalue weighted by Gasteiger charge is 2.52. The molecule has 0 aliphatic carbocycles. The number of ketones is 3. The van der Waals surface area contributed by atoms with Crippen LogP contribution in [-0.4, -0.2) is 23.3 Å². The number of Topliss-reactive ketones (excluding diaryl/α,β-unsaturated/α-hetero) is 3. The van der Waals surface area contributed by atoms with E-state index in [0.29, 0.717) is 22.4 Å². The lowest BCUT2D eigenvalue weighted by Crippen LogP contribution is -2.30. The summed E-state index contributed by atoms with van der Waals surface area (Å²) < 4.78 is 0. The molecule has 31 heavy (non-hydrogen) atoms. The number of carbonyl (C=O) groups excluding carboxylic acids is 4. The first kappa shape index (κ1) is 20.4. The van der Waals surface area contributed by atoms with Crippen molar-refractivity contribution in [2.75, 3.05) is 4.90 Å². The van der Waals surface area contributed by atoms with Crippen LogP contribution in [0.2, 0.25) is 0 Å². The summed E-state index contributed by atoms with van der Waals surface area (Å²) in [4.78, 5) is 52.5. The number of aryl methyl sites for hydroxylation is 1. The molecule has 1 amide bonds. The van der Waals surface area contributed by atoms with Crippen LogP contribution in [0.4, 0.5) is 5.69 Å². The van der Waals surface area contributed by atoms with Crippen molar-refractivity contribution in [3.8, 4) is 0 Å². The standard InChI is InChI=1S/C26H21NO4/c1-16-8-10-19(11-9-16)23-22(24(29)20-6-4-3-5-7-20)25(30)26(31)27(23)21-14-12-18(13-15-21)17(2)28/h3-15,22-23H,1-2H3. The molecule has 0 bridgehead atoms. The Balaban J connectivity index is 1.84. The highest BCUT2D eigenvalue weighted by atomic mass is 16.2. The van der Waals surface area contributed by atoms with Crippen LogP contribution in [-0.2, 0) is 9.59 Å². The van der Waals surface area contributed by atoms with Gasteiger partial charge in [0.15, 0.2) is 11.6 Å². The van der Waals surface area contributed by atoms with Crippen LogP contribution >= 0.6 is 0 Å². The van der Waals surface area contributed by atoms with E-state index in [1.807, 2.05) is 31.2 Å². The van der Waals surface area contributed by atoms with Crippen LogP contribution in [0.1, 0.15) is 44.8 Å². The third-order valence-corrected chi connectivity index (χ3v) is 5.62. The van der Waals surface area contributed by atoms with E-state index in [1.165, 1.54) is 11.8 Å². The first-order valence-corrected chi connectivity index (χ1v) is 10.0. The normalized spacial score (nSPS) is 18.3. The molecule has 1 fully saturated rings. The molecule has 5 heteroatoms. The van der Waals surface area contributed by atoms with E-state index in [2.05, 4.69) is 0 Å². The van der Waals surface area contributed by atoms with Crippen molar-refractivity contribution in [3.05, 3.63) is 101 Å². The van der Waals surface area contributed by atoms with Crippen molar-refractivity contribution in [3.63, 3.8) is 0 Å². The number of anilines is 1. The number of nitrogens with zero attached hydrogens (tertiary/aromatic N) is 1. The molecule has 1 saturated heterocycles. The lowest BCUT2D eigenvalue weighted by atomic mass is 9.86. The molecular weight excluding hydrogens is 390 g/mol. The maximum Gasteiger partial charge on any atom is 0.295 e. The van der Waals surface area contributed by atoms with Gasteiger partial charge >= 0.3 is 0 Å². The average Bonchev–Trinajstić information content (AvgIpc) is 3.05. The molecule has 1 heterocycles. The van der Waals surface area contributed by atoms with Gasteiger partial charge in [-0.2, -0.15) is 0 Å². The minimum atomic E-state index is -1.15. The van der Waals surface area contributed by atoms with Crippen molar-refractivity contribution in [1.82, 2.24) is 0 Å². The summed E-state index contributed by atoms with van der Waals surface area (Å²) >= 11 is 0. The van der Waals surface area contributed by atoms with Gasteiger partial charge in [0, 0.05) is 16.8 Å². The summed E-state index contributed by atoms with van der Waals surface area (Å²) in [5, 5.41) is 0. The molecule has 154 valence electrons. The Morgan fingerprint density at radius 3 is 1.97 bits per heavy atom. The third kappa shape index (κ3) is 3.70. The number of hydrogen-bond donors (Lipinski definition) is 0. The quantitative estimate of drug-likeness (QED) is 0.355. The minimum absolute atomic E-state index is 0.0948. The lowest BCUT2D eigenvalue weighted by Gasteiger charge is -2.27. The number of benzene rings is 3. The fourth-order valence-corrected chi connectivity index (χ4v) is 3.95. The second-order valence-electron chi connectivity index (χ2n) is 7.71. The van der Waals surface area contributed by atoms with E-state index >= 15 is 0 Å². The molecule has 0 radical (unpaired) electrons. The number of carbonyl (C=O) groups is 4. The van der Waals surface area contributed by atoms with Gasteiger partial charge in [-0.25, -0.2) is 0 Å². The van der Waals surface area contributed by atoms with E-state index in [4.69, 9.17) is 0 Å². The molecule has 4 rings (SSSR count). The zero-order valence-electron chi connectivity index (χ0n) is 17.2. The van der Waals surface area contributed by atoms with Crippen molar-refractivity contribution < 1.29 is 19.2 Å². The number of amides is 1. The molecule has 0 spiro atoms. The Morgan fingerprint density at radius 2 is 1.39 bits per heavy atom. The maximum absolute atomic E-state index is 13.3. The minimum Gasteiger partial charge on any atom is -0.297 e. The van der Waals surface area contributed by atoms with Crippen molar-refractivity contribution in [2.24, 2.45) is 5.92 Å². The van der Waals surface area contributed by atoms with Gasteiger partial charge in [-0.3, -0.25) is 24.1 Å². The van der Waals surface area contributed by atoms with Crippen LogP contribution in [0, 0.1) is 12.8 Å². The van der Waals surface area contributed by atoms with Gasteiger partial charge < -0.3 is 0 Å². The van der Waals surface area contributed by atoms with Gasteiger partial charge in [0.2, 0.25) is 5.78 Å². The first-order chi connectivity index (χ1) is 14.9. The fourth-order valence-electron chi connectivity index (χ4n) is 3.95. The smallest absolute Gasteiger partial charge is 0.295 e. The van der Waals surface area contributed by atoms with E-state index < -0.39 is 23.7 Å². The molecule has 2 unspecified atom stereocenters. The van der Waals surface area contributed by atoms with E-state index in [1.54, 1.807) is 54.6 Å².